The number of hydrogen-bond acceptors (Lipinski definition) is 4. The van der Waals surface area contributed by atoms with E-state index in [-0.39, 0.29) is 18.2 Å². The van der Waals surface area contributed by atoms with E-state index in [9.17, 15) is 18.0 Å². The zero-order chi connectivity index (χ0) is 16.3. The van der Waals surface area contributed by atoms with Crippen LogP contribution in [0.5, 0.6) is 0 Å². The molecule has 2 rings (SSSR count). The van der Waals surface area contributed by atoms with Crippen LogP contribution < -0.4 is 0 Å². The van der Waals surface area contributed by atoms with Crippen LogP contribution in [0.2, 0.25) is 0 Å². The number of halogens is 3. The summed E-state index contributed by atoms with van der Waals surface area (Å²) in [5.41, 5.74) is -0.673. The van der Waals surface area contributed by atoms with Crippen LogP contribution in [-0.2, 0) is 6.18 Å². The lowest BCUT2D eigenvalue weighted by atomic mass is 10.2. The van der Waals surface area contributed by atoms with E-state index in [2.05, 4.69) is 4.98 Å². The number of aliphatic hydroxyl groups excluding tert-OH is 1. The van der Waals surface area contributed by atoms with E-state index < -0.39 is 22.7 Å². The summed E-state index contributed by atoms with van der Waals surface area (Å²) >= 11 is 0.698. The van der Waals surface area contributed by atoms with Crippen LogP contribution in [0.4, 0.5) is 13.2 Å². The molecule has 0 aliphatic carbocycles. The second kappa shape index (κ2) is 6.45. The van der Waals surface area contributed by atoms with Crippen molar-refractivity contribution in [2.24, 2.45) is 0 Å². The summed E-state index contributed by atoms with van der Waals surface area (Å²) < 4.78 is 39.3. The smallest absolute Gasteiger partial charge is 0.395 e. The summed E-state index contributed by atoms with van der Waals surface area (Å²) in [7, 11) is 1.33. The fourth-order valence-corrected chi connectivity index (χ4v) is 2.87. The Balaban J connectivity index is 2.48. The van der Waals surface area contributed by atoms with Crippen molar-refractivity contribution in [3.63, 3.8) is 0 Å². The molecule has 1 aromatic heterocycles. The monoisotopic (exact) mass is 330 g/mol. The van der Waals surface area contributed by atoms with Gasteiger partial charge in [0.1, 0.15) is 9.88 Å². The normalized spacial score (nSPS) is 11.5. The summed E-state index contributed by atoms with van der Waals surface area (Å²) in [5, 5.41) is 8.95. The SMILES string of the molecule is CN(CCO)C(=O)c1sc(-c2ccccc2)nc1C(F)(F)F. The van der Waals surface area contributed by atoms with E-state index in [1.54, 1.807) is 30.3 Å². The minimum atomic E-state index is -4.71. The first-order valence-electron chi connectivity index (χ1n) is 6.34. The van der Waals surface area contributed by atoms with Crippen LogP contribution >= 0.6 is 11.3 Å². The summed E-state index contributed by atoms with van der Waals surface area (Å²) in [6, 6.07) is 8.37. The first-order valence-corrected chi connectivity index (χ1v) is 7.16. The highest BCUT2D eigenvalue weighted by Crippen LogP contribution is 2.38. The fraction of sp³-hybridized carbons (Fsp3) is 0.286. The molecule has 0 saturated carbocycles. The Morgan fingerprint density at radius 3 is 2.50 bits per heavy atom. The quantitative estimate of drug-likeness (QED) is 0.938. The molecule has 8 heteroatoms. The zero-order valence-corrected chi connectivity index (χ0v) is 12.4. The number of alkyl halides is 3. The molecule has 1 amide bonds. The van der Waals surface area contributed by atoms with Gasteiger partial charge in [-0.15, -0.1) is 11.3 Å². The number of likely N-dealkylation sites (N-methyl/N-ethyl adjacent to an activating group) is 1. The summed E-state index contributed by atoms with van der Waals surface area (Å²) in [6.07, 6.45) is -4.71. The molecular formula is C14H13F3N2O2S. The van der Waals surface area contributed by atoms with Gasteiger partial charge in [-0.25, -0.2) is 4.98 Å². The van der Waals surface area contributed by atoms with Crippen molar-refractivity contribution in [2.75, 3.05) is 20.2 Å². The van der Waals surface area contributed by atoms with Gasteiger partial charge in [0, 0.05) is 19.2 Å². The van der Waals surface area contributed by atoms with Crippen molar-refractivity contribution in [1.82, 2.24) is 9.88 Å². The van der Waals surface area contributed by atoms with Crippen molar-refractivity contribution < 1.29 is 23.1 Å². The molecule has 1 heterocycles. The molecule has 0 radical (unpaired) electrons. The zero-order valence-electron chi connectivity index (χ0n) is 11.6. The first kappa shape index (κ1) is 16.4. The third-order valence-corrected chi connectivity index (χ3v) is 3.99. The fourth-order valence-electron chi connectivity index (χ4n) is 1.79. The average Bonchev–Trinajstić information content (AvgIpc) is 2.93. The van der Waals surface area contributed by atoms with Crippen LogP contribution in [0.1, 0.15) is 15.4 Å². The predicted molar refractivity (Wildman–Crippen MR) is 76.6 cm³/mol. The molecule has 118 valence electrons. The van der Waals surface area contributed by atoms with Gasteiger partial charge in [0.15, 0.2) is 5.69 Å². The van der Waals surface area contributed by atoms with Gasteiger partial charge < -0.3 is 10.0 Å². The Bertz CT molecular complexity index is 656. The van der Waals surface area contributed by atoms with Crippen molar-refractivity contribution in [2.45, 2.75) is 6.18 Å². The molecule has 0 unspecified atom stereocenters. The Kier molecular flexibility index (Phi) is 4.82. The Hall–Kier alpha value is -1.93. The van der Waals surface area contributed by atoms with Gasteiger partial charge in [-0.1, -0.05) is 30.3 Å². The number of carbonyl (C=O) groups is 1. The Morgan fingerprint density at radius 2 is 1.95 bits per heavy atom. The molecule has 1 aromatic carbocycles. The summed E-state index contributed by atoms with van der Waals surface area (Å²) in [5.74, 6) is -0.805. The minimum absolute atomic E-state index is 0.0469. The number of aliphatic hydroxyl groups is 1. The lowest BCUT2D eigenvalue weighted by Crippen LogP contribution is -2.30. The van der Waals surface area contributed by atoms with Crippen LogP contribution in [0.25, 0.3) is 10.6 Å². The second-order valence-electron chi connectivity index (χ2n) is 4.51. The third-order valence-electron chi connectivity index (χ3n) is 2.89. The van der Waals surface area contributed by atoms with Gasteiger partial charge in [0.05, 0.1) is 6.61 Å². The van der Waals surface area contributed by atoms with Crippen LogP contribution in [-0.4, -0.2) is 41.1 Å². The number of benzene rings is 1. The molecule has 0 fully saturated rings. The van der Waals surface area contributed by atoms with Gasteiger partial charge in [-0.05, 0) is 0 Å². The minimum Gasteiger partial charge on any atom is -0.395 e. The van der Waals surface area contributed by atoms with Gasteiger partial charge in [-0.2, -0.15) is 13.2 Å². The highest BCUT2D eigenvalue weighted by atomic mass is 32.1. The molecule has 0 aliphatic rings. The maximum atomic E-state index is 13.1. The number of rotatable bonds is 4. The molecule has 0 saturated heterocycles. The van der Waals surface area contributed by atoms with E-state index in [1.807, 2.05) is 0 Å². The standard InChI is InChI=1S/C14H13F3N2O2S/c1-19(7-8-20)13(21)10-11(14(15,16)17)18-12(22-10)9-5-3-2-4-6-9/h2-6,20H,7-8H2,1H3. The highest BCUT2D eigenvalue weighted by Gasteiger charge is 2.40. The molecule has 0 spiro atoms. The molecular weight excluding hydrogens is 317 g/mol. The number of amides is 1. The first-order chi connectivity index (χ1) is 10.3. The molecule has 0 aliphatic heterocycles. The van der Waals surface area contributed by atoms with E-state index >= 15 is 0 Å². The Morgan fingerprint density at radius 1 is 1.32 bits per heavy atom. The molecule has 4 nitrogen and oxygen atoms in total. The van der Waals surface area contributed by atoms with Crippen LogP contribution in [0.15, 0.2) is 30.3 Å². The van der Waals surface area contributed by atoms with Crippen LogP contribution in [0, 0.1) is 0 Å². The maximum Gasteiger partial charge on any atom is 0.435 e. The molecule has 0 atom stereocenters. The Labute approximate surface area is 128 Å². The van der Waals surface area contributed by atoms with Crippen molar-refractivity contribution in [1.29, 1.82) is 0 Å². The number of thiazole rings is 1. The largest absolute Gasteiger partial charge is 0.435 e. The maximum absolute atomic E-state index is 13.1. The lowest BCUT2D eigenvalue weighted by Gasteiger charge is -2.15. The molecule has 1 N–H and O–H groups in total. The predicted octanol–water partition coefficient (Wildman–Crippen LogP) is 2.89. The molecule has 0 bridgehead atoms. The number of hydrogen-bond donors (Lipinski definition) is 1. The van der Waals surface area contributed by atoms with Crippen molar-refractivity contribution >= 4 is 17.2 Å². The van der Waals surface area contributed by atoms with E-state index in [0.29, 0.717) is 16.9 Å². The van der Waals surface area contributed by atoms with Gasteiger partial charge in [0.25, 0.3) is 5.91 Å². The third kappa shape index (κ3) is 3.45. The topological polar surface area (TPSA) is 53.4 Å². The van der Waals surface area contributed by atoms with E-state index in [4.69, 9.17) is 5.11 Å². The second-order valence-corrected chi connectivity index (χ2v) is 5.51. The summed E-state index contributed by atoms with van der Waals surface area (Å²) in [6.45, 7) is -0.372. The average molecular weight is 330 g/mol. The molecule has 2 aromatic rings. The highest BCUT2D eigenvalue weighted by molar-refractivity contribution is 7.17. The van der Waals surface area contributed by atoms with E-state index in [0.717, 1.165) is 4.90 Å². The number of aromatic nitrogens is 1. The van der Waals surface area contributed by atoms with Crippen LogP contribution in [0.3, 0.4) is 0 Å². The van der Waals surface area contributed by atoms with Gasteiger partial charge in [0.2, 0.25) is 0 Å². The van der Waals surface area contributed by atoms with Crippen molar-refractivity contribution in [3.8, 4) is 10.6 Å². The van der Waals surface area contributed by atoms with E-state index in [1.165, 1.54) is 7.05 Å². The summed E-state index contributed by atoms with van der Waals surface area (Å²) in [4.78, 5) is 16.3. The molecule has 22 heavy (non-hydrogen) atoms. The number of carbonyl (C=O) groups excluding carboxylic acids is 1. The van der Waals surface area contributed by atoms with Gasteiger partial charge in [-0.3, -0.25) is 4.79 Å². The lowest BCUT2D eigenvalue weighted by molar-refractivity contribution is -0.141. The van der Waals surface area contributed by atoms with Crippen molar-refractivity contribution in [3.05, 3.63) is 40.9 Å². The van der Waals surface area contributed by atoms with Gasteiger partial charge >= 0.3 is 6.18 Å². The number of nitrogens with zero attached hydrogens (tertiary/aromatic N) is 2.